The molecule has 0 spiro atoms. The number of carbonyl (C=O) groups is 1. The first kappa shape index (κ1) is 20.0. The van der Waals surface area contributed by atoms with Crippen molar-refractivity contribution in [3.63, 3.8) is 0 Å². The van der Waals surface area contributed by atoms with Gasteiger partial charge in [-0.15, -0.1) is 0 Å². The zero-order chi connectivity index (χ0) is 20.9. The molecule has 0 bridgehead atoms. The zero-order valence-corrected chi connectivity index (χ0v) is 18.7. The van der Waals surface area contributed by atoms with E-state index in [4.69, 9.17) is 4.74 Å². The van der Waals surface area contributed by atoms with E-state index in [-0.39, 0.29) is 12.1 Å². The molecular formula is C27H35NO2. The second-order valence-electron chi connectivity index (χ2n) is 10.7. The van der Waals surface area contributed by atoms with Gasteiger partial charge in [0.25, 0.3) is 0 Å². The Labute approximate surface area is 181 Å². The first-order valence-electron chi connectivity index (χ1n) is 11.9. The molecule has 0 unspecified atom stereocenters. The predicted molar refractivity (Wildman–Crippen MR) is 119 cm³/mol. The number of hydrogen-bond donors (Lipinski definition) is 0. The molecule has 3 saturated carbocycles. The minimum Gasteiger partial charge on any atom is -0.462 e. The molecule has 3 heteroatoms. The Morgan fingerprint density at radius 2 is 1.93 bits per heavy atom. The number of esters is 1. The van der Waals surface area contributed by atoms with Gasteiger partial charge >= 0.3 is 5.97 Å². The highest BCUT2D eigenvalue weighted by atomic mass is 16.5. The minimum atomic E-state index is -0.135. The molecule has 1 aromatic heterocycles. The molecule has 30 heavy (non-hydrogen) atoms. The van der Waals surface area contributed by atoms with Crippen LogP contribution in [0, 0.1) is 28.6 Å². The van der Waals surface area contributed by atoms with Gasteiger partial charge in [0.05, 0.1) is 5.69 Å². The summed E-state index contributed by atoms with van der Waals surface area (Å²) in [7, 11) is 0. The van der Waals surface area contributed by atoms with E-state index >= 15 is 0 Å². The Balaban J connectivity index is 1.40. The number of ether oxygens (including phenoxy) is 1. The van der Waals surface area contributed by atoms with E-state index in [9.17, 15) is 4.79 Å². The third-order valence-corrected chi connectivity index (χ3v) is 9.25. The van der Waals surface area contributed by atoms with Crippen LogP contribution in [0.2, 0.25) is 0 Å². The van der Waals surface area contributed by atoms with Crippen LogP contribution in [0.15, 0.2) is 41.6 Å². The van der Waals surface area contributed by atoms with Crippen LogP contribution in [0.5, 0.6) is 0 Å². The van der Waals surface area contributed by atoms with Crippen molar-refractivity contribution in [3.8, 4) is 0 Å². The number of nitrogens with zero attached hydrogens (tertiary/aromatic N) is 1. The summed E-state index contributed by atoms with van der Waals surface area (Å²) in [6, 6.07) is 6.22. The highest BCUT2D eigenvalue weighted by molar-refractivity contribution is 5.66. The average molecular weight is 406 g/mol. The maximum absolute atomic E-state index is 11.5. The van der Waals surface area contributed by atoms with Gasteiger partial charge < -0.3 is 4.74 Å². The second kappa shape index (κ2) is 7.35. The van der Waals surface area contributed by atoms with Gasteiger partial charge in [-0.05, 0) is 91.7 Å². The van der Waals surface area contributed by atoms with Gasteiger partial charge in [-0.3, -0.25) is 9.78 Å². The first-order chi connectivity index (χ1) is 14.4. The number of rotatable bonds is 2. The maximum Gasteiger partial charge on any atom is 0.302 e. The molecule has 0 amide bonds. The average Bonchev–Trinajstić information content (AvgIpc) is 3.05. The highest BCUT2D eigenvalue weighted by Gasteiger charge is 2.57. The molecule has 0 N–H and O–H groups in total. The lowest BCUT2D eigenvalue weighted by atomic mass is 9.48. The predicted octanol–water partition coefficient (Wildman–Crippen LogP) is 6.36. The van der Waals surface area contributed by atoms with Crippen molar-refractivity contribution in [1.29, 1.82) is 0 Å². The first-order valence-corrected chi connectivity index (χ1v) is 11.9. The third-order valence-electron chi connectivity index (χ3n) is 9.25. The van der Waals surface area contributed by atoms with Crippen molar-refractivity contribution in [2.45, 2.75) is 78.2 Å². The van der Waals surface area contributed by atoms with E-state index in [1.54, 1.807) is 11.1 Å². The number of aromatic nitrogens is 1. The van der Waals surface area contributed by atoms with Gasteiger partial charge in [-0.2, -0.15) is 0 Å². The zero-order valence-electron chi connectivity index (χ0n) is 18.7. The lowest BCUT2D eigenvalue weighted by molar-refractivity contribution is -0.148. The Morgan fingerprint density at radius 3 is 2.70 bits per heavy atom. The van der Waals surface area contributed by atoms with Crippen LogP contribution in [0.3, 0.4) is 0 Å². The van der Waals surface area contributed by atoms with Crippen LogP contribution in [0.25, 0.3) is 6.08 Å². The number of hydrogen-bond acceptors (Lipinski definition) is 3. The summed E-state index contributed by atoms with van der Waals surface area (Å²) in [6.45, 7) is 6.59. The van der Waals surface area contributed by atoms with Crippen LogP contribution in [-0.4, -0.2) is 17.1 Å². The van der Waals surface area contributed by atoms with Crippen LogP contribution < -0.4 is 0 Å². The highest BCUT2D eigenvalue weighted by Crippen LogP contribution is 2.66. The lowest BCUT2D eigenvalue weighted by Crippen LogP contribution is -2.49. The summed E-state index contributed by atoms with van der Waals surface area (Å²) >= 11 is 0. The van der Waals surface area contributed by atoms with Crippen LogP contribution in [-0.2, 0) is 9.53 Å². The largest absolute Gasteiger partial charge is 0.462 e. The van der Waals surface area contributed by atoms with E-state index in [0.717, 1.165) is 42.7 Å². The van der Waals surface area contributed by atoms with Crippen molar-refractivity contribution in [2.75, 3.05) is 0 Å². The summed E-state index contributed by atoms with van der Waals surface area (Å²) in [5.74, 6) is 2.22. The van der Waals surface area contributed by atoms with Gasteiger partial charge in [0.15, 0.2) is 0 Å². The van der Waals surface area contributed by atoms with E-state index in [1.165, 1.54) is 39.0 Å². The molecule has 0 radical (unpaired) electrons. The fourth-order valence-corrected chi connectivity index (χ4v) is 7.69. The van der Waals surface area contributed by atoms with Gasteiger partial charge in [-0.25, -0.2) is 0 Å². The summed E-state index contributed by atoms with van der Waals surface area (Å²) in [4.78, 5) is 16.0. The van der Waals surface area contributed by atoms with E-state index in [1.807, 2.05) is 12.3 Å². The molecule has 4 aliphatic carbocycles. The molecule has 160 valence electrons. The van der Waals surface area contributed by atoms with Gasteiger partial charge in [0, 0.05) is 19.5 Å². The van der Waals surface area contributed by atoms with Crippen molar-refractivity contribution in [2.24, 2.45) is 28.6 Å². The normalized spacial score (nSPS) is 41.4. The molecule has 0 aliphatic heterocycles. The fraction of sp³-hybridized carbons (Fsp3) is 0.630. The van der Waals surface area contributed by atoms with Gasteiger partial charge in [0.2, 0.25) is 0 Å². The SMILES string of the molecule is CC(=O)O[C@H]1CC[C@@]2(C)C(=CC[C@@H]3[C@@H]2CC[C@]2(C)/C(=C/c4ccccn4)CC[C@@H]32)C1. The molecule has 3 fully saturated rings. The number of allylic oxidation sites excluding steroid dienone is 2. The standard InChI is InChI=1S/C27H35NO2/c1-18(29)30-22-11-13-26(2)20(17-22)7-9-23-24-10-8-19(16-21-6-4-5-15-28-21)27(24,3)14-12-25(23)26/h4-7,15-16,22-25H,8-14,17H2,1-3H3/b19-16+/t22-,23-,24-,25-,26-,27+/m0/s1. The Kier molecular flexibility index (Phi) is 4.91. The Morgan fingerprint density at radius 1 is 1.13 bits per heavy atom. The number of carbonyl (C=O) groups excluding carboxylic acids is 1. The van der Waals surface area contributed by atoms with Crippen LogP contribution in [0.4, 0.5) is 0 Å². The molecule has 1 aromatic rings. The molecule has 3 nitrogen and oxygen atoms in total. The van der Waals surface area contributed by atoms with Crippen molar-refractivity contribution >= 4 is 12.0 Å². The number of fused-ring (bicyclic) bond motifs is 5. The van der Waals surface area contributed by atoms with E-state index in [2.05, 4.69) is 43.1 Å². The quantitative estimate of drug-likeness (QED) is 0.424. The lowest BCUT2D eigenvalue weighted by Gasteiger charge is -2.57. The van der Waals surface area contributed by atoms with Crippen LogP contribution >= 0.6 is 0 Å². The topological polar surface area (TPSA) is 39.2 Å². The number of pyridine rings is 1. The maximum atomic E-state index is 11.5. The molecule has 6 atom stereocenters. The van der Waals surface area contributed by atoms with Gasteiger partial charge in [-0.1, -0.05) is 37.1 Å². The molecule has 0 aromatic carbocycles. The minimum absolute atomic E-state index is 0.0895. The molecule has 1 heterocycles. The summed E-state index contributed by atoms with van der Waals surface area (Å²) in [6.07, 6.45) is 16.4. The molecular weight excluding hydrogens is 370 g/mol. The monoisotopic (exact) mass is 405 g/mol. The molecule has 4 aliphatic rings. The fourth-order valence-electron chi connectivity index (χ4n) is 7.69. The molecule has 0 saturated heterocycles. The summed E-state index contributed by atoms with van der Waals surface area (Å²) < 4.78 is 5.58. The van der Waals surface area contributed by atoms with E-state index in [0.29, 0.717) is 10.8 Å². The van der Waals surface area contributed by atoms with Crippen molar-refractivity contribution in [3.05, 3.63) is 47.3 Å². The van der Waals surface area contributed by atoms with Crippen molar-refractivity contribution < 1.29 is 9.53 Å². The molecule has 5 rings (SSSR count). The smallest absolute Gasteiger partial charge is 0.302 e. The third kappa shape index (κ3) is 3.16. The van der Waals surface area contributed by atoms with Crippen LogP contribution in [0.1, 0.15) is 77.8 Å². The Hall–Kier alpha value is -1.90. The summed E-state index contributed by atoms with van der Waals surface area (Å²) in [5.41, 5.74) is 4.94. The van der Waals surface area contributed by atoms with Crippen molar-refractivity contribution in [1.82, 2.24) is 4.98 Å². The summed E-state index contributed by atoms with van der Waals surface area (Å²) in [5, 5.41) is 0. The van der Waals surface area contributed by atoms with E-state index < -0.39 is 0 Å². The second-order valence-corrected chi connectivity index (χ2v) is 10.7. The van der Waals surface area contributed by atoms with Gasteiger partial charge in [0.1, 0.15) is 6.10 Å². The Bertz CT molecular complexity index is 887.